The van der Waals surface area contributed by atoms with Crippen molar-refractivity contribution in [2.24, 2.45) is 0 Å². The third-order valence-electron chi connectivity index (χ3n) is 4.93. The molecule has 3 aromatic rings. The Bertz CT molecular complexity index is 930. The second-order valence-corrected chi connectivity index (χ2v) is 7.19. The van der Waals surface area contributed by atoms with Gasteiger partial charge in [-0.25, -0.2) is 22.8 Å². The largest absolute Gasteiger partial charge is 2.00 e. The van der Waals surface area contributed by atoms with Crippen LogP contribution in [0.2, 0.25) is 0 Å². The maximum absolute atomic E-state index is 5.34. The van der Waals surface area contributed by atoms with Gasteiger partial charge in [-0.05, 0) is 31.3 Å². The fourth-order valence-electron chi connectivity index (χ4n) is 3.37. The van der Waals surface area contributed by atoms with Gasteiger partial charge in [0.05, 0.1) is 11.9 Å². The Labute approximate surface area is 201 Å². The van der Waals surface area contributed by atoms with E-state index in [1.165, 1.54) is 12.0 Å². The van der Waals surface area contributed by atoms with E-state index in [-0.39, 0.29) is 31.1 Å². The molecule has 0 aliphatic carbocycles. The SMILES string of the molecule is [CH2-]CC[CH-]CNc1nc(Nc2ccc(-c3cnco3)cc2)nc2c1CN(C)CC2.[U+2]. The van der Waals surface area contributed by atoms with Gasteiger partial charge in [-0.3, -0.25) is 0 Å². The number of benzene rings is 1. The Morgan fingerprint density at radius 2 is 2.07 bits per heavy atom. The number of fused-ring (bicyclic) bond motifs is 1. The quantitative estimate of drug-likeness (QED) is 0.288. The van der Waals surface area contributed by atoms with Crippen LogP contribution in [0.15, 0.2) is 41.3 Å². The van der Waals surface area contributed by atoms with Gasteiger partial charge < -0.3 is 33.3 Å². The van der Waals surface area contributed by atoms with Crippen molar-refractivity contribution in [1.29, 1.82) is 0 Å². The van der Waals surface area contributed by atoms with Crippen LogP contribution in [0, 0.1) is 44.5 Å². The number of aromatic nitrogens is 3. The van der Waals surface area contributed by atoms with Crippen molar-refractivity contribution in [1.82, 2.24) is 19.9 Å². The number of nitrogens with zero attached hydrogens (tertiary/aromatic N) is 4. The molecule has 0 atom stereocenters. The van der Waals surface area contributed by atoms with Crippen molar-refractivity contribution in [2.75, 3.05) is 30.8 Å². The molecule has 30 heavy (non-hydrogen) atoms. The van der Waals surface area contributed by atoms with Crippen molar-refractivity contribution in [3.63, 3.8) is 0 Å². The maximum Gasteiger partial charge on any atom is 2.00 e. The molecule has 1 aromatic carbocycles. The molecule has 0 fully saturated rings. The number of hydrogen-bond donors (Lipinski definition) is 2. The molecule has 1 aliphatic rings. The van der Waals surface area contributed by atoms with E-state index < -0.39 is 0 Å². The molecular weight excluding hydrogens is 602 g/mol. The van der Waals surface area contributed by atoms with E-state index >= 15 is 0 Å². The van der Waals surface area contributed by atoms with Gasteiger partial charge in [0.2, 0.25) is 5.95 Å². The predicted molar refractivity (Wildman–Crippen MR) is 115 cm³/mol. The number of hydrogen-bond acceptors (Lipinski definition) is 7. The molecule has 2 aromatic heterocycles. The van der Waals surface area contributed by atoms with Crippen molar-refractivity contribution in [2.45, 2.75) is 25.8 Å². The Morgan fingerprint density at radius 1 is 1.23 bits per heavy atom. The first kappa shape index (κ1) is 22.8. The number of rotatable bonds is 8. The molecule has 3 heterocycles. The molecule has 4 rings (SSSR count). The second kappa shape index (κ2) is 10.9. The normalized spacial score (nSPS) is 13.4. The van der Waals surface area contributed by atoms with Crippen LogP contribution < -0.4 is 10.6 Å². The van der Waals surface area contributed by atoms with Crippen LogP contribution in [-0.2, 0) is 13.0 Å². The van der Waals surface area contributed by atoms with E-state index in [1.54, 1.807) is 6.20 Å². The summed E-state index contributed by atoms with van der Waals surface area (Å²) in [4.78, 5) is 15.8. The zero-order valence-corrected chi connectivity index (χ0v) is 21.4. The molecule has 2 N–H and O–H groups in total. The second-order valence-electron chi connectivity index (χ2n) is 7.19. The van der Waals surface area contributed by atoms with Crippen LogP contribution in [0.25, 0.3) is 11.3 Å². The summed E-state index contributed by atoms with van der Waals surface area (Å²) >= 11 is 0. The minimum Gasteiger partial charge on any atom is -0.444 e. The topological polar surface area (TPSA) is 79.1 Å². The molecule has 154 valence electrons. The van der Waals surface area contributed by atoms with Crippen LogP contribution in [0.4, 0.5) is 17.5 Å². The van der Waals surface area contributed by atoms with Crippen molar-refractivity contribution >= 4 is 17.5 Å². The van der Waals surface area contributed by atoms with Gasteiger partial charge in [-0.15, -0.1) is 6.54 Å². The summed E-state index contributed by atoms with van der Waals surface area (Å²) in [5.74, 6) is 2.26. The van der Waals surface area contributed by atoms with E-state index in [0.717, 1.165) is 67.4 Å². The Morgan fingerprint density at radius 3 is 2.80 bits per heavy atom. The zero-order chi connectivity index (χ0) is 20.1. The summed E-state index contributed by atoms with van der Waals surface area (Å²) < 4.78 is 5.34. The summed E-state index contributed by atoms with van der Waals surface area (Å²) in [7, 11) is 2.13. The Kier molecular flexibility index (Phi) is 8.32. The van der Waals surface area contributed by atoms with E-state index in [9.17, 15) is 0 Å². The van der Waals surface area contributed by atoms with E-state index in [4.69, 9.17) is 14.4 Å². The van der Waals surface area contributed by atoms with Crippen molar-refractivity contribution in [3.8, 4) is 11.3 Å². The van der Waals surface area contributed by atoms with Crippen LogP contribution >= 0.6 is 0 Å². The average Bonchev–Trinajstić information content (AvgIpc) is 3.27. The molecule has 8 heteroatoms. The number of oxazole rings is 1. The third kappa shape index (κ3) is 5.63. The summed E-state index contributed by atoms with van der Waals surface area (Å²) in [6.07, 6.45) is 8.15. The van der Waals surface area contributed by atoms with Crippen molar-refractivity contribution in [3.05, 3.63) is 61.5 Å². The zero-order valence-electron chi connectivity index (χ0n) is 17.2. The van der Waals surface area contributed by atoms with Crippen LogP contribution in [0.1, 0.15) is 24.1 Å². The minimum absolute atomic E-state index is 0. The summed E-state index contributed by atoms with van der Waals surface area (Å²) in [5, 5.41) is 6.80. The fraction of sp³-hybridized carbons (Fsp3) is 0.318. The van der Waals surface area contributed by atoms with Crippen molar-refractivity contribution < 1.29 is 35.5 Å². The standard InChI is InChI=1S/C22H26N6O.U/c1-3-4-5-11-24-21-18-14-28(2)12-10-19(18)26-22(27-21)25-17-8-6-16(7-9-17)20-13-23-15-29-20;/h5-9,13,15H,1,3-4,10-12,14H2,2H3,(H2,24,25,26,27);/q-2;+2. The Hall–Kier alpha value is -1.88. The molecule has 0 bridgehead atoms. The first-order valence-corrected chi connectivity index (χ1v) is 9.92. The average molecular weight is 629 g/mol. The first-order valence-electron chi connectivity index (χ1n) is 9.92. The minimum atomic E-state index is 0. The van der Waals surface area contributed by atoms with Crippen LogP contribution in [0.5, 0.6) is 0 Å². The van der Waals surface area contributed by atoms with Gasteiger partial charge in [-0.2, -0.15) is 4.98 Å². The molecule has 1 aliphatic heterocycles. The molecular formula is C22H26N6OU. The molecule has 0 saturated heterocycles. The fourth-order valence-corrected chi connectivity index (χ4v) is 3.37. The summed E-state index contributed by atoms with van der Waals surface area (Å²) in [6.45, 7) is 6.52. The van der Waals surface area contributed by atoms with Crippen LogP contribution in [0.3, 0.4) is 0 Å². The van der Waals surface area contributed by atoms with Gasteiger partial charge in [0, 0.05) is 36.3 Å². The molecule has 7 nitrogen and oxygen atoms in total. The number of unbranched alkanes of at least 4 members (excludes halogenated alkanes) is 2. The summed E-state index contributed by atoms with van der Waals surface area (Å²) in [5.41, 5.74) is 4.20. The molecule has 0 saturated carbocycles. The Balaban J connectivity index is 0.00000256. The van der Waals surface area contributed by atoms with Gasteiger partial charge in [0.1, 0.15) is 5.82 Å². The van der Waals surface area contributed by atoms with E-state index in [0.29, 0.717) is 5.95 Å². The number of nitrogens with one attached hydrogen (secondary N) is 2. The molecule has 0 unspecified atom stereocenters. The summed E-state index contributed by atoms with van der Waals surface area (Å²) in [6, 6.07) is 7.96. The van der Waals surface area contributed by atoms with Gasteiger partial charge in [0.25, 0.3) is 0 Å². The van der Waals surface area contributed by atoms with Gasteiger partial charge in [0.15, 0.2) is 12.2 Å². The predicted octanol–water partition coefficient (Wildman–Crippen LogP) is 4.09. The van der Waals surface area contributed by atoms with Gasteiger partial charge >= 0.3 is 31.1 Å². The maximum atomic E-state index is 5.34. The molecule has 0 amide bonds. The molecule has 0 spiro atoms. The third-order valence-corrected chi connectivity index (χ3v) is 4.93. The first-order chi connectivity index (χ1) is 14.2. The van der Waals surface area contributed by atoms with E-state index in [1.807, 2.05) is 24.3 Å². The molecule has 0 radical (unpaired) electrons. The number of likely N-dealkylation sites (N-methyl/N-ethyl adjacent to an activating group) is 1. The monoisotopic (exact) mass is 628 g/mol. The smallest absolute Gasteiger partial charge is 0.444 e. The van der Waals surface area contributed by atoms with Gasteiger partial charge in [-0.1, -0.05) is 0 Å². The number of anilines is 3. The van der Waals surface area contributed by atoms with E-state index in [2.05, 4.69) is 40.9 Å². The van der Waals surface area contributed by atoms with Crippen LogP contribution in [-0.4, -0.2) is 40.0 Å².